The van der Waals surface area contributed by atoms with Crippen molar-refractivity contribution in [1.82, 2.24) is 9.38 Å². The van der Waals surface area contributed by atoms with E-state index >= 15 is 0 Å². The Kier molecular flexibility index (Phi) is 4.33. The van der Waals surface area contributed by atoms with Crippen LogP contribution in [0.2, 0.25) is 5.02 Å². The Balaban J connectivity index is 1.70. The van der Waals surface area contributed by atoms with Gasteiger partial charge in [-0.1, -0.05) is 23.7 Å². The number of aromatic nitrogens is 2. The third-order valence-corrected chi connectivity index (χ3v) is 5.16. The predicted molar refractivity (Wildman–Crippen MR) is 90.5 cm³/mol. The van der Waals surface area contributed by atoms with E-state index in [1.807, 2.05) is 37.4 Å². The van der Waals surface area contributed by atoms with E-state index in [9.17, 15) is 4.79 Å². The minimum atomic E-state index is -0.00792. The first-order valence-corrected chi connectivity index (χ1v) is 8.77. The lowest BCUT2D eigenvalue weighted by Crippen LogP contribution is -2.12. The molecular formula is C15H13ClN2OS2. The number of hydrogen-bond acceptors (Lipinski definition) is 4. The molecule has 3 nitrogen and oxygen atoms in total. The number of fused-ring (bicyclic) bond motifs is 1. The van der Waals surface area contributed by atoms with Crippen molar-refractivity contribution in [2.24, 2.45) is 0 Å². The van der Waals surface area contributed by atoms with Crippen molar-refractivity contribution < 1.29 is 0 Å². The number of aryl methyl sites for hydroxylation is 1. The molecule has 0 aliphatic heterocycles. The maximum Gasteiger partial charge on any atom is 0.258 e. The Bertz CT molecular complexity index is 824. The molecule has 0 aliphatic rings. The highest BCUT2D eigenvalue weighted by molar-refractivity contribution is 7.97. The molecule has 1 aromatic carbocycles. The van der Waals surface area contributed by atoms with Gasteiger partial charge in [0.2, 0.25) is 0 Å². The lowest BCUT2D eigenvalue weighted by atomic mass is 10.2. The summed E-state index contributed by atoms with van der Waals surface area (Å²) in [5, 5.41) is 0.747. The molecule has 0 saturated heterocycles. The summed E-state index contributed by atoms with van der Waals surface area (Å²) in [6.07, 6.45) is 1.83. The molecule has 2 aromatic heterocycles. The van der Waals surface area contributed by atoms with Crippen molar-refractivity contribution in [2.75, 3.05) is 0 Å². The van der Waals surface area contributed by atoms with E-state index in [2.05, 4.69) is 4.98 Å². The number of nitrogens with zero attached hydrogens (tertiary/aromatic N) is 2. The summed E-state index contributed by atoms with van der Waals surface area (Å²) in [4.78, 5) is 18.4. The van der Waals surface area contributed by atoms with Gasteiger partial charge in [-0.15, -0.1) is 11.3 Å². The monoisotopic (exact) mass is 336 g/mol. The van der Waals surface area contributed by atoms with Gasteiger partial charge in [0.15, 0.2) is 4.96 Å². The fraction of sp³-hybridized carbons (Fsp3) is 0.200. The number of benzene rings is 1. The fourth-order valence-corrected chi connectivity index (χ4v) is 3.85. The summed E-state index contributed by atoms with van der Waals surface area (Å²) in [5.41, 5.74) is 2.04. The van der Waals surface area contributed by atoms with Crippen LogP contribution in [0.4, 0.5) is 0 Å². The van der Waals surface area contributed by atoms with Gasteiger partial charge in [-0.25, -0.2) is 4.98 Å². The smallest absolute Gasteiger partial charge is 0.258 e. The van der Waals surface area contributed by atoms with Gasteiger partial charge >= 0.3 is 0 Å². The van der Waals surface area contributed by atoms with Gasteiger partial charge in [0.1, 0.15) is 0 Å². The molecule has 0 aliphatic carbocycles. The Morgan fingerprint density at radius 3 is 2.81 bits per heavy atom. The van der Waals surface area contributed by atoms with E-state index in [1.165, 1.54) is 16.9 Å². The van der Waals surface area contributed by atoms with Crippen LogP contribution in [-0.2, 0) is 11.5 Å². The van der Waals surface area contributed by atoms with Crippen LogP contribution in [0.25, 0.3) is 4.96 Å². The van der Waals surface area contributed by atoms with Gasteiger partial charge in [-0.05, 0) is 24.6 Å². The molecule has 0 atom stereocenters. The van der Waals surface area contributed by atoms with Crippen LogP contribution in [0.3, 0.4) is 0 Å². The summed E-state index contributed by atoms with van der Waals surface area (Å²) >= 11 is 9.14. The zero-order valence-electron chi connectivity index (χ0n) is 11.4. The number of thiazole rings is 1. The standard InChI is InChI=1S/C15H13ClN2OS2/c1-10-7-18-14(19)6-13(17-15(18)21-10)9-20-8-11-2-4-12(16)5-3-11/h2-7H,8-9H2,1H3. The number of thioether (sulfide) groups is 1. The summed E-state index contributed by atoms with van der Waals surface area (Å²) in [7, 11) is 0. The molecule has 3 rings (SSSR count). The van der Waals surface area contributed by atoms with Crippen molar-refractivity contribution in [3.05, 3.63) is 68.0 Å². The van der Waals surface area contributed by atoms with Gasteiger partial charge in [-0.3, -0.25) is 9.20 Å². The highest BCUT2D eigenvalue weighted by Crippen LogP contribution is 2.19. The van der Waals surface area contributed by atoms with Crippen molar-refractivity contribution >= 4 is 39.7 Å². The first kappa shape index (κ1) is 14.6. The van der Waals surface area contributed by atoms with E-state index in [0.29, 0.717) is 0 Å². The van der Waals surface area contributed by atoms with E-state index in [1.54, 1.807) is 22.2 Å². The van der Waals surface area contributed by atoms with Crippen LogP contribution in [0.5, 0.6) is 0 Å². The largest absolute Gasteiger partial charge is 0.269 e. The van der Waals surface area contributed by atoms with Crippen molar-refractivity contribution in [3.63, 3.8) is 0 Å². The van der Waals surface area contributed by atoms with Crippen molar-refractivity contribution in [1.29, 1.82) is 0 Å². The molecule has 0 amide bonds. The minimum Gasteiger partial charge on any atom is -0.269 e. The first-order chi connectivity index (χ1) is 10.1. The van der Waals surface area contributed by atoms with Crippen LogP contribution < -0.4 is 5.56 Å². The van der Waals surface area contributed by atoms with Crippen LogP contribution >= 0.6 is 34.7 Å². The van der Waals surface area contributed by atoms with E-state index in [4.69, 9.17) is 11.6 Å². The second-order valence-electron chi connectivity index (χ2n) is 4.70. The van der Waals surface area contributed by atoms with E-state index in [-0.39, 0.29) is 5.56 Å². The normalized spacial score (nSPS) is 11.1. The second-order valence-corrected chi connectivity index (χ2v) is 7.33. The number of halogens is 1. The molecule has 108 valence electrons. The zero-order valence-corrected chi connectivity index (χ0v) is 13.8. The quantitative estimate of drug-likeness (QED) is 0.717. The van der Waals surface area contributed by atoms with Crippen LogP contribution in [0.1, 0.15) is 16.1 Å². The molecule has 0 unspecified atom stereocenters. The molecule has 3 aromatic rings. The molecule has 0 N–H and O–H groups in total. The maximum atomic E-state index is 12.0. The SMILES string of the molecule is Cc1cn2c(=O)cc(CSCc3ccc(Cl)cc3)nc2s1. The van der Waals surface area contributed by atoms with Crippen LogP contribution in [0, 0.1) is 6.92 Å². The molecule has 0 fully saturated rings. The molecule has 0 spiro atoms. The Morgan fingerprint density at radius 1 is 1.29 bits per heavy atom. The highest BCUT2D eigenvalue weighted by Gasteiger charge is 2.05. The van der Waals surface area contributed by atoms with Gasteiger partial charge < -0.3 is 0 Å². The third-order valence-electron chi connectivity index (χ3n) is 2.97. The molecule has 21 heavy (non-hydrogen) atoms. The van der Waals surface area contributed by atoms with Crippen molar-refractivity contribution in [3.8, 4) is 0 Å². The number of rotatable bonds is 4. The predicted octanol–water partition coefficient (Wildman–Crippen LogP) is 4.15. The van der Waals surface area contributed by atoms with E-state index < -0.39 is 0 Å². The van der Waals surface area contributed by atoms with Gasteiger partial charge in [-0.2, -0.15) is 11.8 Å². The second kappa shape index (κ2) is 6.22. The number of hydrogen-bond donors (Lipinski definition) is 0. The highest BCUT2D eigenvalue weighted by atomic mass is 35.5. The molecule has 0 saturated carbocycles. The molecule has 0 bridgehead atoms. The summed E-state index contributed by atoms with van der Waals surface area (Å²) in [5.74, 6) is 1.60. The lowest BCUT2D eigenvalue weighted by Gasteiger charge is -2.02. The summed E-state index contributed by atoms with van der Waals surface area (Å²) < 4.78 is 1.60. The molecule has 6 heteroatoms. The lowest BCUT2D eigenvalue weighted by molar-refractivity contribution is 1.03. The summed E-state index contributed by atoms with van der Waals surface area (Å²) in [6.45, 7) is 1.98. The van der Waals surface area contributed by atoms with E-state index in [0.717, 1.165) is 32.1 Å². The average molecular weight is 337 g/mol. The Hall–Kier alpha value is -1.30. The van der Waals surface area contributed by atoms with Gasteiger partial charge in [0.05, 0.1) is 5.69 Å². The maximum absolute atomic E-state index is 12.0. The van der Waals surface area contributed by atoms with Gasteiger partial charge in [0.25, 0.3) is 5.56 Å². The van der Waals surface area contributed by atoms with Crippen molar-refractivity contribution in [2.45, 2.75) is 18.4 Å². The van der Waals surface area contributed by atoms with Crippen LogP contribution in [-0.4, -0.2) is 9.38 Å². The first-order valence-electron chi connectivity index (χ1n) is 6.43. The zero-order chi connectivity index (χ0) is 14.8. The molecule has 2 heterocycles. The molecule has 0 radical (unpaired) electrons. The third kappa shape index (κ3) is 3.48. The molecular weight excluding hydrogens is 324 g/mol. The van der Waals surface area contributed by atoms with Gasteiger partial charge in [0, 0.05) is 33.7 Å². The summed E-state index contributed by atoms with van der Waals surface area (Å²) in [6, 6.07) is 9.44. The van der Waals surface area contributed by atoms with Crippen LogP contribution in [0.15, 0.2) is 41.3 Å². The Morgan fingerprint density at radius 2 is 2.05 bits per heavy atom. The minimum absolute atomic E-state index is 0.00792. The Labute approximate surface area is 135 Å². The average Bonchev–Trinajstić information content (AvgIpc) is 2.82. The topological polar surface area (TPSA) is 34.4 Å². The fourth-order valence-electron chi connectivity index (χ4n) is 1.99.